The summed E-state index contributed by atoms with van der Waals surface area (Å²) in [7, 11) is 0. The highest BCUT2D eigenvalue weighted by Gasteiger charge is 2.31. The molecular formula is C20H36O5. The SMILES string of the molecule is C/C(=C\C[C@@H]([C@@H](O)[C@H](O)CO)[C@@H](O)CO)CC[C@]1(C)C=CCC[C@H]1C. The highest BCUT2D eigenvalue weighted by Crippen LogP contribution is 2.40. The van der Waals surface area contributed by atoms with Crippen LogP contribution < -0.4 is 0 Å². The van der Waals surface area contributed by atoms with E-state index in [1.54, 1.807) is 0 Å². The molecule has 0 amide bonds. The Morgan fingerprint density at radius 2 is 1.84 bits per heavy atom. The van der Waals surface area contributed by atoms with E-state index in [-0.39, 0.29) is 5.41 Å². The second kappa shape index (κ2) is 10.4. The summed E-state index contributed by atoms with van der Waals surface area (Å²) in [6.45, 7) is 5.54. The molecule has 0 saturated carbocycles. The molecule has 5 heteroatoms. The van der Waals surface area contributed by atoms with Gasteiger partial charge < -0.3 is 25.5 Å². The molecule has 146 valence electrons. The van der Waals surface area contributed by atoms with Crippen LogP contribution in [0.1, 0.15) is 52.9 Å². The standard InChI is InChI=1S/C20H36O5/c1-14(9-11-20(3)10-5-4-6-15(20)2)7-8-16(17(23)12-21)19(25)18(24)13-22/h5,7,10,15-19,21-25H,4,6,8-9,11-13H2,1-3H3/b14-7+/t15-,16-,17+,18-,19-,20+/m1/s1. The fourth-order valence-electron chi connectivity index (χ4n) is 3.48. The largest absolute Gasteiger partial charge is 0.394 e. The minimum absolute atomic E-state index is 0.198. The Kier molecular flexibility index (Phi) is 9.32. The molecule has 25 heavy (non-hydrogen) atoms. The number of aliphatic hydroxyl groups is 5. The molecule has 0 aliphatic heterocycles. The van der Waals surface area contributed by atoms with Gasteiger partial charge in [0.2, 0.25) is 0 Å². The van der Waals surface area contributed by atoms with Gasteiger partial charge in [-0.3, -0.25) is 0 Å². The van der Waals surface area contributed by atoms with Crippen molar-refractivity contribution in [2.75, 3.05) is 13.2 Å². The van der Waals surface area contributed by atoms with E-state index in [0.29, 0.717) is 12.3 Å². The Labute approximate surface area is 151 Å². The molecule has 0 bridgehead atoms. The molecule has 0 aromatic carbocycles. The quantitative estimate of drug-likeness (QED) is 0.384. The zero-order chi connectivity index (χ0) is 19.0. The molecule has 0 aromatic heterocycles. The lowest BCUT2D eigenvalue weighted by molar-refractivity contribution is -0.0828. The average molecular weight is 357 g/mol. The van der Waals surface area contributed by atoms with Gasteiger partial charge in [-0.1, -0.05) is 37.6 Å². The summed E-state index contributed by atoms with van der Waals surface area (Å²) >= 11 is 0. The zero-order valence-corrected chi connectivity index (χ0v) is 15.8. The second-order valence-electron chi connectivity index (χ2n) is 7.83. The summed E-state index contributed by atoms with van der Waals surface area (Å²) in [6, 6.07) is 0. The first-order chi connectivity index (χ1) is 11.7. The monoisotopic (exact) mass is 356 g/mol. The predicted molar refractivity (Wildman–Crippen MR) is 98.9 cm³/mol. The Morgan fingerprint density at radius 1 is 1.20 bits per heavy atom. The van der Waals surface area contributed by atoms with Gasteiger partial charge in [-0.15, -0.1) is 0 Å². The fraction of sp³-hybridized carbons (Fsp3) is 0.800. The molecule has 1 rings (SSSR count). The van der Waals surface area contributed by atoms with Crippen molar-refractivity contribution in [2.45, 2.75) is 71.2 Å². The van der Waals surface area contributed by atoms with Gasteiger partial charge in [0.05, 0.1) is 25.4 Å². The first-order valence-corrected chi connectivity index (χ1v) is 9.34. The van der Waals surface area contributed by atoms with Crippen LogP contribution in [0.2, 0.25) is 0 Å². The van der Waals surface area contributed by atoms with Crippen LogP contribution in [0.15, 0.2) is 23.8 Å². The first-order valence-electron chi connectivity index (χ1n) is 9.34. The molecule has 6 atom stereocenters. The Hall–Kier alpha value is -0.720. The van der Waals surface area contributed by atoms with Gasteiger partial charge in [0.25, 0.3) is 0 Å². The predicted octanol–water partition coefficient (Wildman–Crippen LogP) is 1.78. The van der Waals surface area contributed by atoms with E-state index in [9.17, 15) is 20.4 Å². The minimum atomic E-state index is -1.33. The molecule has 5 nitrogen and oxygen atoms in total. The van der Waals surface area contributed by atoms with Gasteiger partial charge in [0, 0.05) is 5.92 Å². The van der Waals surface area contributed by atoms with Crippen molar-refractivity contribution in [1.82, 2.24) is 0 Å². The second-order valence-corrected chi connectivity index (χ2v) is 7.83. The molecule has 0 radical (unpaired) electrons. The lowest BCUT2D eigenvalue weighted by Crippen LogP contribution is -2.42. The molecule has 1 aliphatic rings. The van der Waals surface area contributed by atoms with E-state index < -0.39 is 37.4 Å². The van der Waals surface area contributed by atoms with Gasteiger partial charge in [-0.2, -0.15) is 0 Å². The van der Waals surface area contributed by atoms with Gasteiger partial charge >= 0.3 is 0 Å². The van der Waals surface area contributed by atoms with E-state index >= 15 is 0 Å². The highest BCUT2D eigenvalue weighted by molar-refractivity contribution is 5.08. The summed E-state index contributed by atoms with van der Waals surface area (Å²) in [5, 5.41) is 47.8. The van der Waals surface area contributed by atoms with Crippen LogP contribution in [0.4, 0.5) is 0 Å². The maximum absolute atomic E-state index is 10.1. The Morgan fingerprint density at radius 3 is 2.40 bits per heavy atom. The van der Waals surface area contributed by atoms with Crippen molar-refractivity contribution in [3.05, 3.63) is 23.8 Å². The van der Waals surface area contributed by atoms with E-state index in [1.807, 2.05) is 13.0 Å². The molecule has 0 heterocycles. The Balaban J connectivity index is 2.66. The lowest BCUT2D eigenvalue weighted by Gasteiger charge is -2.36. The summed E-state index contributed by atoms with van der Waals surface area (Å²) in [6.07, 6.45) is 7.47. The van der Waals surface area contributed by atoms with E-state index in [2.05, 4.69) is 26.0 Å². The number of rotatable bonds is 10. The third kappa shape index (κ3) is 6.50. The van der Waals surface area contributed by atoms with Crippen molar-refractivity contribution < 1.29 is 25.5 Å². The summed E-state index contributed by atoms with van der Waals surface area (Å²) in [5.41, 5.74) is 1.36. The van der Waals surface area contributed by atoms with Crippen LogP contribution in [-0.4, -0.2) is 57.1 Å². The molecule has 0 saturated heterocycles. The van der Waals surface area contributed by atoms with Crippen LogP contribution in [0.5, 0.6) is 0 Å². The van der Waals surface area contributed by atoms with E-state index in [4.69, 9.17) is 5.11 Å². The Bertz CT molecular complexity index is 447. The van der Waals surface area contributed by atoms with Gasteiger partial charge in [-0.05, 0) is 50.4 Å². The zero-order valence-electron chi connectivity index (χ0n) is 15.8. The molecule has 0 aromatic rings. The highest BCUT2D eigenvalue weighted by atomic mass is 16.4. The number of hydrogen-bond acceptors (Lipinski definition) is 5. The normalized spacial score (nSPS) is 29.3. The first kappa shape index (κ1) is 22.3. The number of aliphatic hydroxyl groups excluding tert-OH is 5. The van der Waals surface area contributed by atoms with Crippen LogP contribution in [0.25, 0.3) is 0 Å². The minimum Gasteiger partial charge on any atom is -0.394 e. The third-order valence-electron chi connectivity index (χ3n) is 5.89. The number of hydrogen-bond donors (Lipinski definition) is 5. The van der Waals surface area contributed by atoms with Crippen molar-refractivity contribution >= 4 is 0 Å². The van der Waals surface area contributed by atoms with Crippen LogP contribution in [-0.2, 0) is 0 Å². The lowest BCUT2D eigenvalue weighted by atomic mass is 9.69. The van der Waals surface area contributed by atoms with Crippen molar-refractivity contribution in [3.8, 4) is 0 Å². The van der Waals surface area contributed by atoms with Crippen LogP contribution >= 0.6 is 0 Å². The molecule has 5 N–H and O–H groups in total. The van der Waals surface area contributed by atoms with Gasteiger partial charge in [0.15, 0.2) is 0 Å². The topological polar surface area (TPSA) is 101 Å². The molecule has 0 unspecified atom stereocenters. The van der Waals surface area contributed by atoms with E-state index in [1.165, 1.54) is 6.42 Å². The third-order valence-corrected chi connectivity index (χ3v) is 5.89. The maximum atomic E-state index is 10.1. The summed E-state index contributed by atoms with van der Waals surface area (Å²) < 4.78 is 0. The molecule has 0 spiro atoms. The van der Waals surface area contributed by atoms with Crippen molar-refractivity contribution in [2.24, 2.45) is 17.3 Å². The summed E-state index contributed by atoms with van der Waals surface area (Å²) in [5.74, 6) is -0.0676. The van der Waals surface area contributed by atoms with Crippen molar-refractivity contribution in [3.63, 3.8) is 0 Å². The van der Waals surface area contributed by atoms with Crippen molar-refractivity contribution in [1.29, 1.82) is 0 Å². The smallest absolute Gasteiger partial charge is 0.103 e. The van der Waals surface area contributed by atoms with Gasteiger partial charge in [-0.25, -0.2) is 0 Å². The fourth-order valence-corrected chi connectivity index (χ4v) is 3.48. The molecule has 1 aliphatic carbocycles. The molecule has 0 fully saturated rings. The summed E-state index contributed by atoms with van der Waals surface area (Å²) in [4.78, 5) is 0. The van der Waals surface area contributed by atoms with E-state index in [0.717, 1.165) is 24.8 Å². The van der Waals surface area contributed by atoms with Gasteiger partial charge in [0.1, 0.15) is 6.10 Å². The number of allylic oxidation sites excluding steroid dienone is 4. The molecular weight excluding hydrogens is 320 g/mol. The average Bonchev–Trinajstić information content (AvgIpc) is 2.61. The van der Waals surface area contributed by atoms with Crippen LogP contribution in [0.3, 0.4) is 0 Å². The van der Waals surface area contributed by atoms with Crippen LogP contribution in [0, 0.1) is 17.3 Å². The maximum Gasteiger partial charge on any atom is 0.103 e.